The molecule has 1 N–H and O–H groups in total. The molecule has 3 fully saturated rings. The number of fused-ring (bicyclic) bond motifs is 2. The lowest BCUT2D eigenvalue weighted by Gasteiger charge is -2.39. The first-order valence-corrected chi connectivity index (χ1v) is 12.6. The number of hydrogen-bond acceptors (Lipinski definition) is 6. The van der Waals surface area contributed by atoms with Crippen molar-refractivity contribution in [2.45, 2.75) is 63.8 Å². The molecule has 1 saturated carbocycles. The van der Waals surface area contributed by atoms with Gasteiger partial charge in [-0.25, -0.2) is 13.2 Å². The molecule has 1 amide bonds. The second-order valence-corrected chi connectivity index (χ2v) is 12.5. The minimum absolute atomic E-state index is 0.0704. The van der Waals surface area contributed by atoms with Gasteiger partial charge >= 0.3 is 5.97 Å². The summed E-state index contributed by atoms with van der Waals surface area (Å²) in [4.78, 5) is 27.2. The van der Waals surface area contributed by atoms with Crippen LogP contribution in [0.2, 0.25) is 0 Å². The van der Waals surface area contributed by atoms with Crippen LogP contribution in [0, 0.1) is 10.8 Å². The zero-order valence-electron chi connectivity index (χ0n) is 19.0. The lowest BCUT2D eigenvalue weighted by molar-refractivity contribution is -0.135. The average molecular weight is 465 g/mol. The molecule has 2 saturated heterocycles. The van der Waals surface area contributed by atoms with Gasteiger partial charge in [-0.05, 0) is 61.1 Å². The molecule has 0 spiro atoms. The fourth-order valence-electron chi connectivity index (χ4n) is 5.96. The standard InChI is InChI=1S/C23H32N2O6S/c1-22(2)11-16-12-23(3,14-22)15-25(16)20(27)13-31-21(28)18-10-17(6-7-19(18)26)32(29,30)24-8-4-5-9-24/h6-7,10,16,26H,4-5,8-9,11-15H2,1-3H3. The highest BCUT2D eigenvalue weighted by Gasteiger charge is 2.51. The number of carbonyl (C=O) groups excluding carboxylic acids is 2. The van der Waals surface area contributed by atoms with Gasteiger partial charge in [0.15, 0.2) is 6.61 Å². The summed E-state index contributed by atoms with van der Waals surface area (Å²) in [7, 11) is -3.74. The van der Waals surface area contributed by atoms with Crippen LogP contribution in [0.25, 0.3) is 0 Å². The van der Waals surface area contributed by atoms with Gasteiger partial charge in [0.1, 0.15) is 11.3 Å². The number of amides is 1. The van der Waals surface area contributed by atoms with Crippen LogP contribution in [0.4, 0.5) is 0 Å². The molecular weight excluding hydrogens is 432 g/mol. The Balaban J connectivity index is 1.44. The Morgan fingerprint density at radius 1 is 1.16 bits per heavy atom. The maximum atomic E-state index is 12.8. The van der Waals surface area contributed by atoms with Crippen LogP contribution in [-0.2, 0) is 19.6 Å². The fourth-order valence-corrected chi connectivity index (χ4v) is 7.50. The Labute approximate surface area is 189 Å². The van der Waals surface area contributed by atoms with E-state index in [0.717, 1.165) is 38.2 Å². The highest BCUT2D eigenvalue weighted by molar-refractivity contribution is 7.89. The Morgan fingerprint density at radius 3 is 2.53 bits per heavy atom. The Morgan fingerprint density at radius 2 is 1.84 bits per heavy atom. The first-order valence-electron chi connectivity index (χ1n) is 11.2. The predicted molar refractivity (Wildman–Crippen MR) is 118 cm³/mol. The number of aromatic hydroxyl groups is 1. The zero-order valence-corrected chi connectivity index (χ0v) is 19.8. The largest absolute Gasteiger partial charge is 0.507 e. The second-order valence-electron chi connectivity index (χ2n) is 10.6. The van der Waals surface area contributed by atoms with E-state index in [1.54, 1.807) is 0 Å². The van der Waals surface area contributed by atoms with E-state index in [9.17, 15) is 23.1 Å². The second kappa shape index (κ2) is 8.02. The molecule has 0 radical (unpaired) electrons. The number of benzene rings is 1. The van der Waals surface area contributed by atoms with E-state index in [1.165, 1.54) is 16.4 Å². The average Bonchev–Trinajstić information content (AvgIpc) is 3.32. The predicted octanol–water partition coefficient (Wildman–Crippen LogP) is 2.76. The summed E-state index contributed by atoms with van der Waals surface area (Å²) in [6.07, 6.45) is 4.50. The van der Waals surface area contributed by atoms with Crippen molar-refractivity contribution in [1.82, 2.24) is 9.21 Å². The van der Waals surface area contributed by atoms with Crippen molar-refractivity contribution in [2.75, 3.05) is 26.2 Å². The van der Waals surface area contributed by atoms with Crippen molar-refractivity contribution in [2.24, 2.45) is 10.8 Å². The molecule has 1 aromatic rings. The van der Waals surface area contributed by atoms with Crippen molar-refractivity contribution in [3.63, 3.8) is 0 Å². The van der Waals surface area contributed by atoms with Gasteiger partial charge in [0.2, 0.25) is 10.0 Å². The quantitative estimate of drug-likeness (QED) is 0.672. The number of ether oxygens (including phenoxy) is 1. The van der Waals surface area contributed by atoms with E-state index in [2.05, 4.69) is 20.8 Å². The SMILES string of the molecule is CC1(C)CC2CC(C)(CN2C(=O)COC(=O)c2cc(S(=O)(=O)N3CCCC3)ccc2O)C1. The third kappa shape index (κ3) is 4.37. The smallest absolute Gasteiger partial charge is 0.342 e. The molecule has 176 valence electrons. The first kappa shape index (κ1) is 23.0. The minimum Gasteiger partial charge on any atom is -0.507 e. The summed E-state index contributed by atoms with van der Waals surface area (Å²) in [6.45, 7) is 7.72. The fraction of sp³-hybridized carbons (Fsp3) is 0.652. The Bertz CT molecular complexity index is 1030. The summed E-state index contributed by atoms with van der Waals surface area (Å²) in [5.74, 6) is -1.55. The topological polar surface area (TPSA) is 104 Å². The number of rotatable bonds is 5. The first-order chi connectivity index (χ1) is 14.9. The summed E-state index contributed by atoms with van der Waals surface area (Å²) in [6, 6.07) is 3.71. The van der Waals surface area contributed by atoms with Crippen LogP contribution >= 0.6 is 0 Å². The normalized spacial score (nSPS) is 27.5. The highest BCUT2D eigenvalue weighted by atomic mass is 32.2. The molecule has 2 unspecified atom stereocenters. The summed E-state index contributed by atoms with van der Waals surface area (Å²) < 4.78 is 32.1. The van der Waals surface area contributed by atoms with Crippen LogP contribution in [-0.4, -0.2) is 66.9 Å². The van der Waals surface area contributed by atoms with Crippen molar-refractivity contribution in [1.29, 1.82) is 0 Å². The molecule has 9 heteroatoms. The number of sulfonamides is 1. The van der Waals surface area contributed by atoms with Gasteiger partial charge in [-0.2, -0.15) is 4.31 Å². The molecule has 4 rings (SSSR count). The van der Waals surface area contributed by atoms with Crippen LogP contribution in [0.1, 0.15) is 63.2 Å². The van der Waals surface area contributed by atoms with Crippen molar-refractivity contribution in [3.8, 4) is 5.75 Å². The molecular formula is C23H32N2O6S. The molecule has 2 aliphatic heterocycles. The molecule has 3 aliphatic rings. The lowest BCUT2D eigenvalue weighted by Crippen LogP contribution is -2.39. The van der Waals surface area contributed by atoms with E-state index in [0.29, 0.717) is 19.6 Å². The summed E-state index contributed by atoms with van der Waals surface area (Å²) >= 11 is 0. The Hall–Kier alpha value is -2.13. The van der Waals surface area contributed by atoms with E-state index >= 15 is 0 Å². The van der Waals surface area contributed by atoms with Crippen LogP contribution in [0.3, 0.4) is 0 Å². The molecule has 1 aliphatic carbocycles. The number of esters is 1. The third-order valence-electron chi connectivity index (χ3n) is 6.95. The number of phenolic OH excluding ortho intramolecular Hbond substituents is 1. The molecule has 2 heterocycles. The molecule has 2 atom stereocenters. The number of carbonyl (C=O) groups is 2. The van der Waals surface area contributed by atoms with Crippen molar-refractivity contribution >= 4 is 21.9 Å². The number of phenols is 1. The van der Waals surface area contributed by atoms with Gasteiger partial charge < -0.3 is 14.7 Å². The van der Waals surface area contributed by atoms with E-state index in [-0.39, 0.29) is 39.0 Å². The minimum atomic E-state index is -3.74. The zero-order chi connectivity index (χ0) is 23.3. The number of hydrogen-bond donors (Lipinski definition) is 1. The molecule has 2 bridgehead atoms. The number of likely N-dealkylation sites (tertiary alicyclic amines) is 1. The lowest BCUT2D eigenvalue weighted by atomic mass is 9.65. The maximum Gasteiger partial charge on any atom is 0.342 e. The summed E-state index contributed by atoms with van der Waals surface area (Å²) in [5, 5.41) is 10.1. The van der Waals surface area contributed by atoms with Gasteiger partial charge in [-0.1, -0.05) is 20.8 Å². The van der Waals surface area contributed by atoms with E-state index in [4.69, 9.17) is 4.74 Å². The summed E-state index contributed by atoms with van der Waals surface area (Å²) in [5.41, 5.74) is -0.0229. The number of nitrogens with zero attached hydrogens (tertiary/aromatic N) is 2. The highest BCUT2D eigenvalue weighted by Crippen LogP contribution is 2.52. The molecule has 0 aromatic heterocycles. The monoisotopic (exact) mass is 464 g/mol. The van der Waals surface area contributed by atoms with Crippen LogP contribution < -0.4 is 0 Å². The molecule has 8 nitrogen and oxygen atoms in total. The van der Waals surface area contributed by atoms with Gasteiger partial charge in [0.25, 0.3) is 5.91 Å². The van der Waals surface area contributed by atoms with E-state index < -0.39 is 22.6 Å². The maximum absolute atomic E-state index is 12.8. The van der Waals surface area contributed by atoms with Crippen LogP contribution in [0.5, 0.6) is 5.75 Å². The van der Waals surface area contributed by atoms with Gasteiger partial charge in [0.05, 0.1) is 4.90 Å². The third-order valence-corrected chi connectivity index (χ3v) is 8.85. The van der Waals surface area contributed by atoms with Crippen molar-refractivity contribution in [3.05, 3.63) is 23.8 Å². The molecule has 32 heavy (non-hydrogen) atoms. The van der Waals surface area contributed by atoms with E-state index in [1.807, 2.05) is 4.90 Å². The van der Waals surface area contributed by atoms with Gasteiger partial charge in [-0.3, -0.25) is 4.79 Å². The van der Waals surface area contributed by atoms with Crippen LogP contribution in [0.15, 0.2) is 23.1 Å². The van der Waals surface area contributed by atoms with Gasteiger partial charge in [-0.15, -0.1) is 0 Å². The van der Waals surface area contributed by atoms with Gasteiger partial charge in [0, 0.05) is 25.7 Å². The Kier molecular flexibility index (Phi) is 5.78. The van der Waals surface area contributed by atoms with Crippen molar-refractivity contribution < 1.29 is 27.9 Å². The molecule has 1 aromatic carbocycles.